The van der Waals surface area contributed by atoms with Crippen LogP contribution in [0.3, 0.4) is 0 Å². The second kappa shape index (κ2) is 3.10. The van der Waals surface area contributed by atoms with E-state index < -0.39 is 0 Å². The van der Waals surface area contributed by atoms with E-state index >= 15 is 0 Å². The van der Waals surface area contributed by atoms with Crippen LogP contribution in [-0.4, -0.2) is 15.8 Å². The van der Waals surface area contributed by atoms with Crippen molar-refractivity contribution in [2.24, 2.45) is 5.73 Å². The number of nitrogens with two attached hydrogens (primary N) is 1. The second-order valence-electron chi connectivity index (χ2n) is 4.25. The summed E-state index contributed by atoms with van der Waals surface area (Å²) in [5, 5.41) is 0. The van der Waals surface area contributed by atoms with Crippen LogP contribution in [0.5, 0.6) is 0 Å². The summed E-state index contributed by atoms with van der Waals surface area (Å²) in [6.07, 6.45) is 3.70. The normalized spacial score (nSPS) is 19.4. The van der Waals surface area contributed by atoms with Gasteiger partial charge in [0, 0.05) is 18.9 Å². The summed E-state index contributed by atoms with van der Waals surface area (Å²) in [4.78, 5) is 20.5. The highest BCUT2D eigenvalue weighted by Crippen LogP contribution is 2.39. The molecular weight excluding hydrogens is 190 g/mol. The SMILES string of the molecule is NCc1nc(C2CC2)nc2c1C(=O)CC2. The Kier molecular flexibility index (Phi) is 1.85. The summed E-state index contributed by atoms with van der Waals surface area (Å²) in [5.41, 5.74) is 8.02. The molecule has 15 heavy (non-hydrogen) atoms. The standard InChI is InChI=1S/C11H13N3O/c12-5-8-10-7(3-4-9(10)15)13-11(14-8)6-1-2-6/h6H,1-5,12H2. The Hall–Kier alpha value is -1.29. The van der Waals surface area contributed by atoms with Crippen LogP contribution < -0.4 is 5.73 Å². The Balaban J connectivity index is 2.14. The average Bonchev–Trinajstić information content (AvgIpc) is 3.03. The summed E-state index contributed by atoms with van der Waals surface area (Å²) < 4.78 is 0. The van der Waals surface area contributed by atoms with Crippen molar-refractivity contribution in [3.8, 4) is 0 Å². The van der Waals surface area contributed by atoms with E-state index in [0.717, 1.165) is 23.6 Å². The number of nitrogens with zero attached hydrogens (tertiary/aromatic N) is 2. The second-order valence-corrected chi connectivity index (χ2v) is 4.25. The van der Waals surface area contributed by atoms with Gasteiger partial charge < -0.3 is 5.73 Å². The first-order valence-electron chi connectivity index (χ1n) is 5.42. The molecule has 1 heterocycles. The molecule has 1 fully saturated rings. The summed E-state index contributed by atoms with van der Waals surface area (Å²) in [6, 6.07) is 0. The van der Waals surface area contributed by atoms with Gasteiger partial charge in [-0.15, -0.1) is 0 Å². The number of carbonyl (C=O) groups is 1. The summed E-state index contributed by atoms with van der Waals surface area (Å²) in [7, 11) is 0. The fourth-order valence-electron chi connectivity index (χ4n) is 2.11. The van der Waals surface area contributed by atoms with Gasteiger partial charge in [0.05, 0.1) is 17.0 Å². The molecule has 0 unspecified atom stereocenters. The summed E-state index contributed by atoms with van der Waals surface area (Å²) in [5.74, 6) is 1.59. The predicted molar refractivity (Wildman–Crippen MR) is 54.5 cm³/mol. The minimum absolute atomic E-state index is 0.160. The third-order valence-electron chi connectivity index (χ3n) is 3.08. The first-order chi connectivity index (χ1) is 7.29. The van der Waals surface area contributed by atoms with E-state index in [2.05, 4.69) is 9.97 Å². The third-order valence-corrected chi connectivity index (χ3v) is 3.08. The monoisotopic (exact) mass is 203 g/mol. The van der Waals surface area contributed by atoms with Crippen molar-refractivity contribution < 1.29 is 4.79 Å². The molecule has 0 saturated heterocycles. The molecule has 0 bridgehead atoms. The molecule has 4 nitrogen and oxygen atoms in total. The van der Waals surface area contributed by atoms with E-state index in [1.165, 1.54) is 12.8 Å². The molecule has 0 aromatic carbocycles. The van der Waals surface area contributed by atoms with Gasteiger partial charge >= 0.3 is 0 Å². The molecule has 1 aromatic rings. The highest BCUT2D eigenvalue weighted by Gasteiger charge is 2.31. The lowest BCUT2D eigenvalue weighted by Crippen LogP contribution is -2.11. The zero-order chi connectivity index (χ0) is 10.4. The fourth-order valence-corrected chi connectivity index (χ4v) is 2.11. The molecule has 2 aliphatic carbocycles. The molecule has 0 radical (unpaired) electrons. The molecule has 4 heteroatoms. The van der Waals surface area contributed by atoms with Crippen LogP contribution in [0.25, 0.3) is 0 Å². The van der Waals surface area contributed by atoms with Crippen molar-refractivity contribution >= 4 is 5.78 Å². The number of Topliss-reactive ketones (excluding diaryl/α,β-unsaturated/α-hetero) is 1. The fraction of sp³-hybridized carbons (Fsp3) is 0.545. The first kappa shape index (κ1) is 8.97. The number of aryl methyl sites for hydroxylation is 1. The van der Waals surface area contributed by atoms with Crippen molar-refractivity contribution in [2.45, 2.75) is 38.1 Å². The highest BCUT2D eigenvalue weighted by molar-refractivity contribution is 6.00. The first-order valence-corrected chi connectivity index (χ1v) is 5.42. The van der Waals surface area contributed by atoms with E-state index in [1.54, 1.807) is 0 Å². The van der Waals surface area contributed by atoms with Gasteiger partial charge in [0.15, 0.2) is 5.78 Å². The Bertz CT molecular complexity index is 438. The number of carbonyl (C=O) groups excluding carboxylic acids is 1. The molecule has 1 aromatic heterocycles. The van der Waals surface area contributed by atoms with Gasteiger partial charge in [0.2, 0.25) is 0 Å². The molecule has 0 aliphatic heterocycles. The Morgan fingerprint density at radius 3 is 2.73 bits per heavy atom. The minimum Gasteiger partial charge on any atom is -0.325 e. The van der Waals surface area contributed by atoms with Crippen LogP contribution in [0.15, 0.2) is 0 Å². The number of aromatic nitrogens is 2. The van der Waals surface area contributed by atoms with E-state index in [9.17, 15) is 4.79 Å². The predicted octanol–water partition coefficient (Wildman–Crippen LogP) is 0.942. The average molecular weight is 203 g/mol. The smallest absolute Gasteiger partial charge is 0.166 e. The lowest BCUT2D eigenvalue weighted by molar-refractivity contribution is 0.0993. The molecular formula is C11H13N3O. The Labute approximate surface area is 87.9 Å². The van der Waals surface area contributed by atoms with E-state index in [0.29, 0.717) is 24.4 Å². The Morgan fingerprint density at radius 1 is 1.27 bits per heavy atom. The van der Waals surface area contributed by atoms with Crippen LogP contribution >= 0.6 is 0 Å². The maximum absolute atomic E-state index is 11.6. The van der Waals surface area contributed by atoms with Gasteiger partial charge in [-0.1, -0.05) is 0 Å². The lowest BCUT2D eigenvalue weighted by Gasteiger charge is -2.06. The number of fused-ring (bicyclic) bond motifs is 1. The topological polar surface area (TPSA) is 68.9 Å². The van der Waals surface area contributed by atoms with Crippen LogP contribution in [0.4, 0.5) is 0 Å². The molecule has 3 rings (SSSR count). The van der Waals surface area contributed by atoms with Gasteiger partial charge in [-0.3, -0.25) is 4.79 Å². The number of hydrogen-bond acceptors (Lipinski definition) is 4. The van der Waals surface area contributed by atoms with Crippen LogP contribution in [0, 0.1) is 0 Å². The van der Waals surface area contributed by atoms with Crippen molar-refractivity contribution in [3.63, 3.8) is 0 Å². The zero-order valence-corrected chi connectivity index (χ0v) is 8.49. The zero-order valence-electron chi connectivity index (χ0n) is 8.49. The van der Waals surface area contributed by atoms with Gasteiger partial charge in [-0.05, 0) is 19.3 Å². The van der Waals surface area contributed by atoms with Crippen molar-refractivity contribution in [3.05, 3.63) is 22.8 Å². The van der Waals surface area contributed by atoms with E-state index in [4.69, 9.17) is 5.73 Å². The van der Waals surface area contributed by atoms with E-state index in [-0.39, 0.29) is 5.78 Å². The maximum Gasteiger partial charge on any atom is 0.166 e. The molecule has 78 valence electrons. The largest absolute Gasteiger partial charge is 0.325 e. The highest BCUT2D eigenvalue weighted by atomic mass is 16.1. The van der Waals surface area contributed by atoms with Crippen LogP contribution in [-0.2, 0) is 13.0 Å². The van der Waals surface area contributed by atoms with Crippen molar-refractivity contribution in [2.75, 3.05) is 0 Å². The molecule has 0 atom stereocenters. The molecule has 2 aliphatic rings. The molecule has 0 amide bonds. The van der Waals surface area contributed by atoms with Crippen LogP contribution in [0.2, 0.25) is 0 Å². The molecule has 2 N–H and O–H groups in total. The maximum atomic E-state index is 11.6. The minimum atomic E-state index is 0.160. The van der Waals surface area contributed by atoms with Crippen molar-refractivity contribution in [1.29, 1.82) is 0 Å². The number of rotatable bonds is 2. The number of hydrogen-bond donors (Lipinski definition) is 1. The quantitative estimate of drug-likeness (QED) is 0.776. The van der Waals surface area contributed by atoms with Gasteiger partial charge in [-0.25, -0.2) is 9.97 Å². The Morgan fingerprint density at radius 2 is 2.07 bits per heavy atom. The van der Waals surface area contributed by atoms with Crippen LogP contribution in [0.1, 0.15) is 52.8 Å². The van der Waals surface area contributed by atoms with Crippen molar-refractivity contribution in [1.82, 2.24) is 9.97 Å². The molecule has 1 saturated carbocycles. The van der Waals surface area contributed by atoms with Gasteiger partial charge in [0.25, 0.3) is 0 Å². The summed E-state index contributed by atoms with van der Waals surface area (Å²) >= 11 is 0. The van der Waals surface area contributed by atoms with Gasteiger partial charge in [0.1, 0.15) is 5.82 Å². The third kappa shape index (κ3) is 1.36. The van der Waals surface area contributed by atoms with Gasteiger partial charge in [-0.2, -0.15) is 0 Å². The van der Waals surface area contributed by atoms with E-state index in [1.807, 2.05) is 0 Å². The molecule has 0 spiro atoms. The number of ketones is 1. The lowest BCUT2D eigenvalue weighted by atomic mass is 10.1. The summed E-state index contributed by atoms with van der Waals surface area (Å²) in [6.45, 7) is 0.344.